The smallest absolute Gasteiger partial charge is 0.138 e. The minimum atomic E-state index is -0.267. The van der Waals surface area contributed by atoms with Gasteiger partial charge < -0.3 is 0 Å². The van der Waals surface area contributed by atoms with Crippen molar-refractivity contribution >= 4 is 0 Å². The summed E-state index contributed by atoms with van der Waals surface area (Å²) in [5.74, 6) is 5.61. The Morgan fingerprint density at radius 2 is 1.65 bits per heavy atom. The summed E-state index contributed by atoms with van der Waals surface area (Å²) >= 11 is 0. The van der Waals surface area contributed by atoms with Crippen molar-refractivity contribution in [2.75, 3.05) is 0 Å². The Morgan fingerprint density at radius 3 is 2.35 bits per heavy atom. The van der Waals surface area contributed by atoms with Crippen LogP contribution in [0, 0.1) is 17.7 Å². The van der Waals surface area contributed by atoms with Crippen LogP contribution in [0.3, 0.4) is 0 Å². The predicted octanol–water partition coefficient (Wildman–Crippen LogP) is 4.96. The molecule has 0 saturated carbocycles. The molecule has 0 radical (unpaired) electrons. The number of rotatable bonds is 4. The topological polar surface area (TPSA) is 0 Å². The van der Waals surface area contributed by atoms with E-state index in [1.54, 1.807) is 18.2 Å². The van der Waals surface area contributed by atoms with E-state index in [9.17, 15) is 4.39 Å². The molecule has 0 aliphatic carbocycles. The lowest BCUT2D eigenvalue weighted by atomic mass is 10.1. The first-order valence-corrected chi connectivity index (χ1v) is 7.15. The van der Waals surface area contributed by atoms with Gasteiger partial charge in [-0.15, -0.1) is 0 Å². The van der Waals surface area contributed by atoms with E-state index in [4.69, 9.17) is 0 Å². The van der Waals surface area contributed by atoms with E-state index < -0.39 is 0 Å². The molecule has 2 rings (SSSR count). The highest BCUT2D eigenvalue weighted by molar-refractivity contribution is 5.43. The third-order valence-electron chi connectivity index (χ3n) is 3.24. The van der Waals surface area contributed by atoms with Crippen LogP contribution in [0.1, 0.15) is 42.9 Å². The molecule has 102 valence electrons. The molecular weight excluding hydrogens is 247 g/mol. The fourth-order valence-electron chi connectivity index (χ4n) is 2.04. The highest BCUT2D eigenvalue weighted by Crippen LogP contribution is 2.09. The van der Waals surface area contributed by atoms with Gasteiger partial charge >= 0.3 is 0 Å². The Labute approximate surface area is 120 Å². The molecule has 0 aliphatic heterocycles. The van der Waals surface area contributed by atoms with Gasteiger partial charge in [-0.3, -0.25) is 0 Å². The SMILES string of the molecule is CCCCCc1ccc(C#Cc2ccccc2F)cc1. The first-order valence-electron chi connectivity index (χ1n) is 7.15. The molecule has 20 heavy (non-hydrogen) atoms. The molecule has 0 bridgehead atoms. The van der Waals surface area contributed by atoms with Gasteiger partial charge in [0.1, 0.15) is 5.82 Å². The monoisotopic (exact) mass is 266 g/mol. The number of aryl methyl sites for hydroxylation is 1. The van der Waals surface area contributed by atoms with Crippen molar-refractivity contribution < 1.29 is 4.39 Å². The molecule has 2 aromatic rings. The van der Waals surface area contributed by atoms with Crippen LogP contribution in [0.4, 0.5) is 4.39 Å². The number of halogens is 1. The van der Waals surface area contributed by atoms with Gasteiger partial charge in [-0.25, -0.2) is 4.39 Å². The highest BCUT2D eigenvalue weighted by Gasteiger charge is 1.96. The Kier molecular flexibility index (Phi) is 5.38. The summed E-state index contributed by atoms with van der Waals surface area (Å²) in [6, 6.07) is 14.8. The molecule has 1 heteroatoms. The summed E-state index contributed by atoms with van der Waals surface area (Å²) in [6.07, 6.45) is 4.87. The van der Waals surface area contributed by atoms with Gasteiger partial charge in [0.25, 0.3) is 0 Å². The number of benzene rings is 2. The van der Waals surface area contributed by atoms with E-state index in [-0.39, 0.29) is 5.82 Å². The fourth-order valence-corrected chi connectivity index (χ4v) is 2.04. The zero-order valence-electron chi connectivity index (χ0n) is 11.8. The maximum absolute atomic E-state index is 13.4. The second-order valence-electron chi connectivity index (χ2n) is 4.88. The largest absolute Gasteiger partial charge is 0.206 e. The van der Waals surface area contributed by atoms with E-state index in [1.807, 2.05) is 12.1 Å². The molecule has 0 fully saturated rings. The van der Waals surface area contributed by atoms with Crippen molar-refractivity contribution in [3.8, 4) is 11.8 Å². The van der Waals surface area contributed by atoms with Crippen LogP contribution in [0.2, 0.25) is 0 Å². The first-order chi connectivity index (χ1) is 9.79. The van der Waals surface area contributed by atoms with Crippen molar-refractivity contribution in [3.05, 3.63) is 71.0 Å². The van der Waals surface area contributed by atoms with Gasteiger partial charge in [0.2, 0.25) is 0 Å². The molecule has 0 heterocycles. The van der Waals surface area contributed by atoms with Crippen LogP contribution in [0.15, 0.2) is 48.5 Å². The minimum Gasteiger partial charge on any atom is -0.206 e. The van der Waals surface area contributed by atoms with Crippen LogP contribution in [0.5, 0.6) is 0 Å². The summed E-state index contributed by atoms with van der Waals surface area (Å²) in [6.45, 7) is 2.21. The standard InChI is InChI=1S/C19H19F/c1-2-3-4-7-16-10-12-17(13-11-16)14-15-18-8-5-6-9-19(18)20/h5-6,8-13H,2-4,7H2,1H3. The van der Waals surface area contributed by atoms with E-state index >= 15 is 0 Å². The van der Waals surface area contributed by atoms with Crippen LogP contribution in [-0.4, -0.2) is 0 Å². The van der Waals surface area contributed by atoms with Gasteiger partial charge in [-0.2, -0.15) is 0 Å². The van der Waals surface area contributed by atoms with Crippen LogP contribution in [0.25, 0.3) is 0 Å². The average Bonchev–Trinajstić information content (AvgIpc) is 2.48. The molecule has 0 aromatic heterocycles. The summed E-state index contributed by atoms with van der Waals surface area (Å²) in [7, 11) is 0. The highest BCUT2D eigenvalue weighted by atomic mass is 19.1. The molecule has 0 amide bonds. The normalized spacial score (nSPS) is 9.90. The van der Waals surface area contributed by atoms with Crippen molar-refractivity contribution in [3.63, 3.8) is 0 Å². The molecule has 2 aromatic carbocycles. The molecular formula is C19H19F. The third-order valence-corrected chi connectivity index (χ3v) is 3.24. The minimum absolute atomic E-state index is 0.267. The van der Waals surface area contributed by atoms with Gasteiger partial charge in [0.05, 0.1) is 5.56 Å². The summed E-state index contributed by atoms with van der Waals surface area (Å²) in [4.78, 5) is 0. The average molecular weight is 266 g/mol. The number of hydrogen-bond donors (Lipinski definition) is 0. The summed E-state index contributed by atoms with van der Waals surface area (Å²) in [5, 5.41) is 0. The van der Waals surface area contributed by atoms with E-state index in [1.165, 1.54) is 30.9 Å². The second-order valence-corrected chi connectivity index (χ2v) is 4.88. The molecule has 0 nitrogen and oxygen atoms in total. The molecule has 0 spiro atoms. The quantitative estimate of drug-likeness (QED) is 0.542. The molecule has 0 atom stereocenters. The van der Waals surface area contributed by atoms with Gasteiger partial charge in [0, 0.05) is 5.56 Å². The Balaban J connectivity index is 2.03. The van der Waals surface area contributed by atoms with E-state index in [2.05, 4.69) is 30.9 Å². The molecule has 0 aliphatic rings. The molecule has 0 unspecified atom stereocenters. The van der Waals surface area contributed by atoms with Gasteiger partial charge in [-0.1, -0.05) is 55.9 Å². The number of unbranched alkanes of at least 4 members (excludes halogenated alkanes) is 2. The van der Waals surface area contributed by atoms with Crippen molar-refractivity contribution in [2.24, 2.45) is 0 Å². The maximum Gasteiger partial charge on any atom is 0.138 e. The maximum atomic E-state index is 13.4. The summed E-state index contributed by atoms with van der Waals surface area (Å²) in [5.41, 5.74) is 2.71. The van der Waals surface area contributed by atoms with Crippen molar-refractivity contribution in [1.82, 2.24) is 0 Å². The summed E-state index contributed by atoms with van der Waals surface area (Å²) < 4.78 is 13.4. The zero-order valence-corrected chi connectivity index (χ0v) is 11.8. The second kappa shape index (κ2) is 7.50. The van der Waals surface area contributed by atoms with Gasteiger partial charge in [0.15, 0.2) is 0 Å². The molecule has 0 saturated heterocycles. The Hall–Kier alpha value is -2.07. The first kappa shape index (κ1) is 14.3. The van der Waals surface area contributed by atoms with Crippen molar-refractivity contribution in [1.29, 1.82) is 0 Å². The molecule has 0 N–H and O–H groups in total. The predicted molar refractivity (Wildman–Crippen MR) is 82.1 cm³/mol. The van der Waals surface area contributed by atoms with Crippen LogP contribution in [-0.2, 0) is 6.42 Å². The Bertz CT molecular complexity index is 600. The van der Waals surface area contributed by atoms with Crippen LogP contribution < -0.4 is 0 Å². The van der Waals surface area contributed by atoms with Crippen molar-refractivity contribution in [2.45, 2.75) is 32.6 Å². The fraction of sp³-hybridized carbons (Fsp3) is 0.263. The number of hydrogen-bond acceptors (Lipinski definition) is 0. The zero-order chi connectivity index (χ0) is 14.2. The lowest BCUT2D eigenvalue weighted by Crippen LogP contribution is -1.86. The lowest BCUT2D eigenvalue weighted by molar-refractivity contribution is 0.624. The van der Waals surface area contributed by atoms with Crippen LogP contribution >= 0.6 is 0 Å². The van der Waals surface area contributed by atoms with E-state index in [0.29, 0.717) is 5.56 Å². The Morgan fingerprint density at radius 1 is 0.900 bits per heavy atom. The van der Waals surface area contributed by atoms with E-state index in [0.717, 1.165) is 12.0 Å². The third kappa shape index (κ3) is 4.24. The lowest BCUT2D eigenvalue weighted by Gasteiger charge is -2.00. The van der Waals surface area contributed by atoms with Gasteiger partial charge in [-0.05, 0) is 42.7 Å².